The summed E-state index contributed by atoms with van der Waals surface area (Å²) < 4.78 is 13.9. The molecule has 0 bridgehead atoms. The van der Waals surface area contributed by atoms with Gasteiger partial charge in [0.2, 0.25) is 5.52 Å². The Morgan fingerprint density at radius 1 is 0.848 bits per heavy atom. The van der Waals surface area contributed by atoms with Crippen LogP contribution in [0, 0.1) is 0 Å². The average molecular weight is 447 g/mol. The van der Waals surface area contributed by atoms with Crippen molar-refractivity contribution in [3.8, 4) is 11.5 Å². The van der Waals surface area contributed by atoms with Crippen molar-refractivity contribution in [2.24, 2.45) is 7.05 Å². The molecule has 4 aromatic rings. The average Bonchev–Trinajstić information content (AvgIpc) is 2.86. The third kappa shape index (κ3) is 3.42. The van der Waals surface area contributed by atoms with Gasteiger partial charge in [-0.15, -0.1) is 0 Å². The quantitative estimate of drug-likeness (QED) is 0.334. The van der Waals surface area contributed by atoms with Crippen molar-refractivity contribution in [2.45, 2.75) is 51.2 Å². The van der Waals surface area contributed by atoms with E-state index in [2.05, 4.69) is 35.0 Å². The van der Waals surface area contributed by atoms with Crippen LogP contribution >= 0.6 is 0 Å². The maximum Gasteiger partial charge on any atom is 0.220 e. The smallest absolute Gasteiger partial charge is 0.220 e. The molecule has 0 atom stereocenters. The SMILES string of the molecule is COc1cc2c(ccc3c4ccc(CO)c(CO)c4c[n+](C)c23)c(C2CCCCC2)c1OC. The molecular weight excluding hydrogens is 414 g/mol. The Morgan fingerprint density at radius 3 is 2.24 bits per heavy atom. The largest absolute Gasteiger partial charge is 0.493 e. The summed E-state index contributed by atoms with van der Waals surface area (Å²) >= 11 is 0. The number of benzene rings is 3. The van der Waals surface area contributed by atoms with Gasteiger partial charge in [0.15, 0.2) is 17.7 Å². The zero-order chi connectivity index (χ0) is 23.1. The topological polar surface area (TPSA) is 62.8 Å². The Morgan fingerprint density at radius 2 is 1.58 bits per heavy atom. The molecule has 5 rings (SSSR count). The van der Waals surface area contributed by atoms with Crippen LogP contribution in [0.25, 0.3) is 32.4 Å². The highest BCUT2D eigenvalue weighted by atomic mass is 16.5. The molecule has 1 saturated carbocycles. The van der Waals surface area contributed by atoms with Gasteiger partial charge in [0.05, 0.1) is 43.6 Å². The number of hydrogen-bond donors (Lipinski definition) is 2. The molecule has 2 N–H and O–H groups in total. The molecule has 1 aliphatic rings. The van der Waals surface area contributed by atoms with Crippen LogP contribution in [0.3, 0.4) is 0 Å². The maximum absolute atomic E-state index is 10.0. The summed E-state index contributed by atoms with van der Waals surface area (Å²) in [7, 11) is 5.49. The van der Waals surface area contributed by atoms with Crippen molar-refractivity contribution in [1.29, 1.82) is 0 Å². The zero-order valence-corrected chi connectivity index (χ0v) is 19.6. The number of aliphatic hydroxyl groups is 2. The minimum Gasteiger partial charge on any atom is -0.493 e. The minimum absolute atomic E-state index is 0.0902. The fourth-order valence-corrected chi connectivity index (χ4v) is 5.88. The van der Waals surface area contributed by atoms with E-state index in [4.69, 9.17) is 9.47 Å². The Labute approximate surface area is 194 Å². The van der Waals surface area contributed by atoms with Crippen LogP contribution in [0.15, 0.2) is 36.5 Å². The van der Waals surface area contributed by atoms with Crippen LogP contribution in [0.4, 0.5) is 0 Å². The number of ether oxygens (including phenoxy) is 2. The molecule has 33 heavy (non-hydrogen) atoms. The Hall–Kier alpha value is -2.89. The maximum atomic E-state index is 10.0. The molecule has 0 radical (unpaired) electrons. The fraction of sp³-hybridized carbons (Fsp3) is 0.393. The lowest BCUT2D eigenvalue weighted by Crippen LogP contribution is -2.29. The highest BCUT2D eigenvalue weighted by Gasteiger charge is 2.27. The lowest BCUT2D eigenvalue weighted by Gasteiger charge is -2.26. The second-order valence-electron chi connectivity index (χ2n) is 9.14. The number of methoxy groups -OCH3 is 2. The highest BCUT2D eigenvalue weighted by molar-refractivity contribution is 6.15. The molecule has 1 fully saturated rings. The molecule has 1 aromatic heterocycles. The molecule has 1 aliphatic carbocycles. The first-order valence-corrected chi connectivity index (χ1v) is 11.8. The summed E-state index contributed by atoms with van der Waals surface area (Å²) in [6.45, 7) is -0.198. The standard InChI is InChI=1S/C28H32NO4/c1-29-14-23-19(10-9-18(15-30)24(23)16-31)21-12-11-20-22(27(21)29)13-25(32-2)28(33-3)26(20)17-7-5-4-6-8-17/h9-14,17,30-31H,4-8,15-16H2,1-3H3/q+1. The van der Waals surface area contributed by atoms with Gasteiger partial charge < -0.3 is 19.7 Å². The van der Waals surface area contributed by atoms with Gasteiger partial charge in [0.25, 0.3) is 0 Å². The van der Waals surface area contributed by atoms with Crippen LogP contribution < -0.4 is 14.0 Å². The predicted molar refractivity (Wildman–Crippen MR) is 131 cm³/mol. The van der Waals surface area contributed by atoms with Gasteiger partial charge in [-0.2, -0.15) is 4.57 Å². The number of aromatic nitrogens is 1. The van der Waals surface area contributed by atoms with E-state index < -0.39 is 0 Å². The van der Waals surface area contributed by atoms with E-state index >= 15 is 0 Å². The number of fused-ring (bicyclic) bond motifs is 5. The Kier molecular flexibility index (Phi) is 5.85. The summed E-state index contributed by atoms with van der Waals surface area (Å²) in [6.07, 6.45) is 8.20. The minimum atomic E-state index is -0.108. The third-order valence-corrected chi connectivity index (χ3v) is 7.44. The van der Waals surface area contributed by atoms with Crippen LogP contribution in [0.5, 0.6) is 11.5 Å². The number of rotatable bonds is 5. The van der Waals surface area contributed by atoms with E-state index in [0.29, 0.717) is 5.92 Å². The van der Waals surface area contributed by atoms with Crippen LogP contribution in [0.2, 0.25) is 0 Å². The van der Waals surface area contributed by atoms with Gasteiger partial charge in [-0.05, 0) is 47.4 Å². The molecule has 172 valence electrons. The molecule has 1 heterocycles. The van der Waals surface area contributed by atoms with Gasteiger partial charge in [0.1, 0.15) is 7.05 Å². The number of aryl methyl sites for hydroxylation is 1. The summed E-state index contributed by atoms with van der Waals surface area (Å²) in [5.41, 5.74) is 3.93. The molecule has 0 amide bonds. The third-order valence-electron chi connectivity index (χ3n) is 7.44. The van der Waals surface area contributed by atoms with E-state index in [1.165, 1.54) is 43.1 Å². The van der Waals surface area contributed by atoms with Crippen molar-refractivity contribution < 1.29 is 24.3 Å². The molecule has 0 unspecified atom stereocenters. The summed E-state index contributed by atoms with van der Waals surface area (Å²) in [6, 6.07) is 10.5. The molecule has 0 spiro atoms. The molecular formula is C28H32NO4+. The van der Waals surface area contributed by atoms with Gasteiger partial charge >= 0.3 is 0 Å². The molecule has 0 aliphatic heterocycles. The van der Waals surface area contributed by atoms with Gasteiger partial charge in [0, 0.05) is 10.9 Å². The van der Waals surface area contributed by atoms with Crippen molar-refractivity contribution >= 4 is 32.4 Å². The Balaban J connectivity index is 1.90. The summed E-state index contributed by atoms with van der Waals surface area (Å²) in [4.78, 5) is 0. The monoisotopic (exact) mass is 446 g/mol. The van der Waals surface area contributed by atoms with E-state index in [0.717, 1.165) is 49.7 Å². The van der Waals surface area contributed by atoms with Crippen LogP contribution in [0.1, 0.15) is 54.7 Å². The molecule has 3 aromatic carbocycles. The zero-order valence-electron chi connectivity index (χ0n) is 19.6. The summed E-state index contributed by atoms with van der Waals surface area (Å²) in [5, 5.41) is 25.3. The highest BCUT2D eigenvalue weighted by Crippen LogP contribution is 2.47. The Bertz CT molecular complexity index is 1360. The normalized spacial score (nSPS) is 14.9. The first-order valence-electron chi connectivity index (χ1n) is 11.8. The fourth-order valence-electron chi connectivity index (χ4n) is 5.88. The van der Waals surface area contributed by atoms with E-state index in [1.807, 2.05) is 13.1 Å². The van der Waals surface area contributed by atoms with Crippen molar-refractivity contribution in [1.82, 2.24) is 0 Å². The van der Waals surface area contributed by atoms with E-state index in [9.17, 15) is 10.2 Å². The number of aliphatic hydroxyl groups excluding tert-OH is 2. The lowest BCUT2D eigenvalue weighted by atomic mass is 9.81. The molecule has 5 nitrogen and oxygen atoms in total. The van der Waals surface area contributed by atoms with Gasteiger partial charge in [-0.1, -0.05) is 37.5 Å². The van der Waals surface area contributed by atoms with E-state index in [-0.39, 0.29) is 13.2 Å². The second-order valence-corrected chi connectivity index (χ2v) is 9.14. The van der Waals surface area contributed by atoms with Crippen molar-refractivity contribution in [2.75, 3.05) is 14.2 Å². The summed E-state index contributed by atoms with van der Waals surface area (Å²) in [5.74, 6) is 2.09. The number of hydrogen-bond acceptors (Lipinski definition) is 4. The first-order chi connectivity index (χ1) is 16.1. The molecule has 0 saturated heterocycles. The first kappa shape index (κ1) is 21.9. The molecule has 5 heteroatoms. The van der Waals surface area contributed by atoms with Gasteiger partial charge in [-0.25, -0.2) is 0 Å². The number of pyridine rings is 1. The van der Waals surface area contributed by atoms with Gasteiger partial charge in [-0.3, -0.25) is 0 Å². The van der Waals surface area contributed by atoms with Crippen LogP contribution in [-0.2, 0) is 20.3 Å². The van der Waals surface area contributed by atoms with E-state index in [1.54, 1.807) is 14.2 Å². The van der Waals surface area contributed by atoms with Crippen molar-refractivity contribution in [3.63, 3.8) is 0 Å². The van der Waals surface area contributed by atoms with Crippen molar-refractivity contribution in [3.05, 3.63) is 53.2 Å². The lowest BCUT2D eigenvalue weighted by molar-refractivity contribution is -0.642. The predicted octanol–water partition coefficient (Wildman–Crippen LogP) is 5.02. The number of nitrogens with zero attached hydrogens (tertiary/aromatic N) is 1. The van der Waals surface area contributed by atoms with Crippen LogP contribution in [-0.4, -0.2) is 24.4 Å². The second kappa shape index (κ2) is 8.81.